The number of methoxy groups -OCH3 is 2. The van der Waals surface area contributed by atoms with Crippen LogP contribution < -0.4 is 19.9 Å². The lowest BCUT2D eigenvalue weighted by molar-refractivity contribution is -0.626. The van der Waals surface area contributed by atoms with E-state index in [1.807, 2.05) is 23.7 Å². The molecule has 0 spiro atoms. The van der Waals surface area contributed by atoms with Crippen LogP contribution in [0.2, 0.25) is 0 Å². The van der Waals surface area contributed by atoms with Gasteiger partial charge in [-0.1, -0.05) is 0 Å². The Bertz CT molecular complexity index is 666. The molecule has 2 aromatic rings. The minimum Gasteiger partial charge on any atom is -0.550 e. The summed E-state index contributed by atoms with van der Waals surface area (Å²) >= 11 is 0. The second kappa shape index (κ2) is 7.13. The van der Waals surface area contributed by atoms with E-state index in [2.05, 4.69) is 10.3 Å². The maximum Gasteiger partial charge on any atom is 0.163 e. The molecule has 0 aliphatic rings. The largest absolute Gasteiger partial charge is 0.550 e. The number of rotatable bonds is 8. The summed E-state index contributed by atoms with van der Waals surface area (Å²) in [7, 11) is 5.13. The SMILES string of the molecule is C[NH2+]CCc1nc2cc(OC)c(OC)cc2n1CCC(=O)[O-]. The first-order valence-electron chi connectivity index (χ1n) is 7.19. The zero-order chi connectivity index (χ0) is 16.1. The molecule has 0 amide bonds. The van der Waals surface area contributed by atoms with Crippen LogP contribution in [0.4, 0.5) is 0 Å². The summed E-state index contributed by atoms with van der Waals surface area (Å²) in [4.78, 5) is 15.4. The molecule has 0 bridgehead atoms. The highest BCUT2D eigenvalue weighted by Gasteiger charge is 2.15. The maximum atomic E-state index is 10.8. The molecular weight excluding hydrogens is 286 g/mol. The summed E-state index contributed by atoms with van der Waals surface area (Å²) in [5, 5.41) is 12.8. The van der Waals surface area contributed by atoms with Crippen molar-refractivity contribution in [2.24, 2.45) is 0 Å². The number of benzene rings is 1. The zero-order valence-corrected chi connectivity index (χ0v) is 13.1. The van der Waals surface area contributed by atoms with Gasteiger partial charge in [0.1, 0.15) is 5.82 Å². The van der Waals surface area contributed by atoms with Crippen molar-refractivity contribution in [3.05, 3.63) is 18.0 Å². The van der Waals surface area contributed by atoms with E-state index in [1.54, 1.807) is 14.2 Å². The van der Waals surface area contributed by atoms with Crippen LogP contribution in [0, 0.1) is 0 Å². The number of likely N-dealkylation sites (N-methyl/N-ethyl adjacent to an activating group) is 1. The molecule has 0 atom stereocenters. The smallest absolute Gasteiger partial charge is 0.163 e. The van der Waals surface area contributed by atoms with Crippen LogP contribution in [0.5, 0.6) is 11.5 Å². The Morgan fingerprint density at radius 3 is 2.59 bits per heavy atom. The fourth-order valence-corrected chi connectivity index (χ4v) is 2.42. The molecule has 0 saturated carbocycles. The summed E-state index contributed by atoms with van der Waals surface area (Å²) in [5.41, 5.74) is 1.60. The Kier molecular flexibility index (Phi) is 5.21. The number of fused-ring (bicyclic) bond motifs is 1. The molecule has 2 rings (SSSR count). The lowest BCUT2D eigenvalue weighted by Crippen LogP contribution is -2.80. The van der Waals surface area contributed by atoms with Gasteiger partial charge < -0.3 is 29.3 Å². The molecule has 7 heteroatoms. The predicted molar refractivity (Wildman–Crippen MR) is 78.9 cm³/mol. The number of aliphatic carboxylic acids is 1. The highest BCUT2D eigenvalue weighted by Crippen LogP contribution is 2.32. The number of hydrogen-bond donors (Lipinski definition) is 1. The summed E-state index contributed by atoms with van der Waals surface area (Å²) < 4.78 is 12.5. The van der Waals surface area contributed by atoms with Gasteiger partial charge in [-0.3, -0.25) is 0 Å². The lowest BCUT2D eigenvalue weighted by Gasteiger charge is -2.11. The summed E-state index contributed by atoms with van der Waals surface area (Å²) in [6.07, 6.45) is 0.700. The molecule has 0 aliphatic carbocycles. The maximum absolute atomic E-state index is 10.8. The molecule has 0 aliphatic heterocycles. The van der Waals surface area contributed by atoms with E-state index in [0.29, 0.717) is 18.0 Å². The van der Waals surface area contributed by atoms with E-state index >= 15 is 0 Å². The minimum atomic E-state index is -1.07. The molecule has 0 radical (unpaired) electrons. The van der Waals surface area contributed by atoms with Crippen molar-refractivity contribution in [1.82, 2.24) is 9.55 Å². The van der Waals surface area contributed by atoms with E-state index in [1.165, 1.54) is 0 Å². The predicted octanol–water partition coefficient (Wildman–Crippen LogP) is -1.07. The van der Waals surface area contributed by atoms with Gasteiger partial charge in [-0.25, -0.2) is 4.98 Å². The normalized spacial score (nSPS) is 10.9. The number of carbonyl (C=O) groups is 1. The minimum absolute atomic E-state index is 0.0529. The van der Waals surface area contributed by atoms with Crippen LogP contribution in [-0.4, -0.2) is 43.3 Å². The van der Waals surface area contributed by atoms with E-state index in [9.17, 15) is 9.90 Å². The Morgan fingerprint density at radius 1 is 1.32 bits per heavy atom. The third kappa shape index (κ3) is 3.30. The molecule has 2 N–H and O–H groups in total. The second-order valence-corrected chi connectivity index (χ2v) is 4.94. The number of aromatic nitrogens is 2. The van der Waals surface area contributed by atoms with Crippen LogP contribution in [0.1, 0.15) is 12.2 Å². The van der Waals surface area contributed by atoms with Crippen LogP contribution in [-0.2, 0) is 17.8 Å². The third-order valence-corrected chi connectivity index (χ3v) is 3.53. The first-order chi connectivity index (χ1) is 10.6. The number of nitrogens with two attached hydrogens (primary N) is 1. The Labute approximate surface area is 128 Å². The highest BCUT2D eigenvalue weighted by atomic mass is 16.5. The van der Waals surface area contributed by atoms with Gasteiger partial charge in [-0.05, 0) is 0 Å². The van der Waals surface area contributed by atoms with Crippen molar-refractivity contribution in [3.8, 4) is 11.5 Å². The average molecular weight is 307 g/mol. The number of nitrogens with zero attached hydrogens (tertiary/aromatic N) is 2. The number of ether oxygens (including phenoxy) is 2. The van der Waals surface area contributed by atoms with Crippen molar-refractivity contribution < 1.29 is 24.7 Å². The van der Waals surface area contributed by atoms with E-state index in [-0.39, 0.29) is 6.42 Å². The molecule has 1 heterocycles. The number of carbonyl (C=O) groups excluding carboxylic acids is 1. The zero-order valence-electron chi connectivity index (χ0n) is 13.1. The molecule has 22 heavy (non-hydrogen) atoms. The molecule has 120 valence electrons. The number of imidazole rings is 1. The quantitative estimate of drug-likeness (QED) is 0.670. The van der Waals surface area contributed by atoms with Gasteiger partial charge in [-0.2, -0.15) is 0 Å². The Hall–Kier alpha value is -2.28. The van der Waals surface area contributed by atoms with Gasteiger partial charge in [0.15, 0.2) is 11.5 Å². The highest BCUT2D eigenvalue weighted by molar-refractivity contribution is 5.81. The van der Waals surface area contributed by atoms with Crippen molar-refractivity contribution in [2.45, 2.75) is 19.4 Å². The van der Waals surface area contributed by atoms with E-state index in [0.717, 1.165) is 29.8 Å². The number of carboxylic acids is 1. The van der Waals surface area contributed by atoms with Crippen LogP contribution in [0.3, 0.4) is 0 Å². The summed E-state index contributed by atoms with van der Waals surface area (Å²) in [5.74, 6) is 0.978. The van der Waals surface area contributed by atoms with Crippen LogP contribution in [0.25, 0.3) is 11.0 Å². The Balaban J connectivity index is 2.51. The molecule has 7 nitrogen and oxygen atoms in total. The second-order valence-electron chi connectivity index (χ2n) is 4.94. The first-order valence-corrected chi connectivity index (χ1v) is 7.19. The number of carboxylic acid groups (broad SMARTS) is 1. The first kappa shape index (κ1) is 16.1. The monoisotopic (exact) mass is 307 g/mol. The van der Waals surface area contributed by atoms with Crippen molar-refractivity contribution in [1.29, 1.82) is 0 Å². The fourth-order valence-electron chi connectivity index (χ4n) is 2.42. The number of hydrogen-bond acceptors (Lipinski definition) is 5. The van der Waals surface area contributed by atoms with E-state index in [4.69, 9.17) is 9.47 Å². The van der Waals surface area contributed by atoms with Crippen molar-refractivity contribution in [3.63, 3.8) is 0 Å². The number of quaternary nitrogens is 1. The Morgan fingerprint density at radius 2 is 2.00 bits per heavy atom. The third-order valence-electron chi connectivity index (χ3n) is 3.53. The van der Waals surface area contributed by atoms with Crippen LogP contribution in [0.15, 0.2) is 12.1 Å². The van der Waals surface area contributed by atoms with Gasteiger partial charge in [0, 0.05) is 31.1 Å². The molecule has 0 saturated heterocycles. The number of aryl methyl sites for hydroxylation is 1. The van der Waals surface area contributed by atoms with E-state index < -0.39 is 5.97 Å². The van der Waals surface area contributed by atoms with Gasteiger partial charge in [0.2, 0.25) is 0 Å². The fraction of sp³-hybridized carbons (Fsp3) is 0.467. The summed E-state index contributed by atoms with van der Waals surface area (Å²) in [6, 6.07) is 3.64. The van der Waals surface area contributed by atoms with Gasteiger partial charge in [0.05, 0.1) is 45.3 Å². The molecular formula is C15H21N3O4. The molecule has 0 unspecified atom stereocenters. The van der Waals surface area contributed by atoms with Gasteiger partial charge >= 0.3 is 0 Å². The average Bonchev–Trinajstić information content (AvgIpc) is 2.85. The molecule has 1 aromatic carbocycles. The topological polar surface area (TPSA) is 93.0 Å². The van der Waals surface area contributed by atoms with Crippen molar-refractivity contribution in [2.75, 3.05) is 27.8 Å². The lowest BCUT2D eigenvalue weighted by atomic mass is 10.2. The molecule has 0 fully saturated rings. The van der Waals surface area contributed by atoms with Gasteiger partial charge in [-0.15, -0.1) is 0 Å². The van der Waals surface area contributed by atoms with Crippen molar-refractivity contribution >= 4 is 17.0 Å². The summed E-state index contributed by atoms with van der Waals surface area (Å²) in [6.45, 7) is 1.20. The standard InChI is InChI=1S/C15H21N3O4/c1-16-6-4-14-17-10-8-12(21-2)13(22-3)9-11(10)18(14)7-5-15(19)20/h8-9,16H,4-7H2,1-3H3,(H,19,20). The molecule has 1 aromatic heterocycles. The van der Waals surface area contributed by atoms with Gasteiger partial charge in [0.25, 0.3) is 0 Å². The van der Waals surface area contributed by atoms with Crippen LogP contribution >= 0.6 is 0 Å².